The molecule has 9 nitrogen and oxygen atoms in total. The molecule has 1 aliphatic carbocycles. The van der Waals surface area contributed by atoms with Crippen molar-refractivity contribution in [1.29, 1.82) is 0 Å². The van der Waals surface area contributed by atoms with Gasteiger partial charge in [0, 0.05) is 11.7 Å². The van der Waals surface area contributed by atoms with Crippen LogP contribution in [0.25, 0.3) is 22.2 Å². The number of halogens is 1. The smallest absolute Gasteiger partial charge is 0.265 e. The summed E-state index contributed by atoms with van der Waals surface area (Å²) in [6.07, 6.45) is 3.29. The second kappa shape index (κ2) is 7.35. The van der Waals surface area contributed by atoms with Gasteiger partial charge in [0.05, 0.1) is 16.5 Å². The molecule has 1 atom stereocenters. The van der Waals surface area contributed by atoms with Gasteiger partial charge in [0.1, 0.15) is 23.5 Å². The van der Waals surface area contributed by atoms with Crippen molar-refractivity contribution in [3.05, 3.63) is 57.5 Å². The Morgan fingerprint density at radius 3 is 2.84 bits per heavy atom. The molecule has 0 aliphatic heterocycles. The van der Waals surface area contributed by atoms with E-state index in [2.05, 4.69) is 25.4 Å². The molecule has 0 amide bonds. The molecule has 1 saturated carbocycles. The second-order valence-electron chi connectivity index (χ2n) is 7.67. The van der Waals surface area contributed by atoms with Crippen LogP contribution in [-0.4, -0.2) is 24.7 Å². The van der Waals surface area contributed by atoms with Crippen LogP contribution in [0.15, 0.2) is 39.9 Å². The van der Waals surface area contributed by atoms with Crippen molar-refractivity contribution < 1.29 is 4.52 Å². The number of nitrogens with two attached hydrogens (primary N) is 1. The van der Waals surface area contributed by atoms with Gasteiger partial charge in [0.15, 0.2) is 5.82 Å². The topological polar surface area (TPSA) is 125 Å². The van der Waals surface area contributed by atoms with E-state index < -0.39 is 0 Å². The molecular weight excluding hydrogens is 418 g/mol. The summed E-state index contributed by atoms with van der Waals surface area (Å²) in [4.78, 5) is 26.0. The van der Waals surface area contributed by atoms with E-state index in [0.717, 1.165) is 23.9 Å². The molecule has 1 unspecified atom stereocenters. The predicted molar refractivity (Wildman–Crippen MR) is 118 cm³/mol. The van der Waals surface area contributed by atoms with E-state index in [1.54, 1.807) is 13.0 Å². The average molecular weight is 438 g/mol. The number of benzene rings is 1. The first-order chi connectivity index (χ1) is 14.9. The molecule has 3 N–H and O–H groups in total. The number of pyridine rings is 1. The van der Waals surface area contributed by atoms with E-state index in [1.165, 1.54) is 6.33 Å². The van der Waals surface area contributed by atoms with E-state index in [4.69, 9.17) is 21.9 Å². The summed E-state index contributed by atoms with van der Waals surface area (Å²) in [5, 5.41) is 8.98. The number of fused-ring (bicyclic) bond motifs is 1. The molecule has 0 spiro atoms. The molecule has 0 radical (unpaired) electrons. The average Bonchev–Trinajstić information content (AvgIpc) is 3.48. The van der Waals surface area contributed by atoms with E-state index >= 15 is 0 Å². The molecule has 158 valence electrons. The maximum atomic E-state index is 13.3. The molecule has 3 aromatic heterocycles. The van der Waals surface area contributed by atoms with Crippen molar-refractivity contribution in [2.24, 2.45) is 0 Å². The number of nitrogen functional groups attached to an aromatic ring is 1. The highest BCUT2D eigenvalue weighted by Gasteiger charge is 2.30. The lowest BCUT2D eigenvalue weighted by Crippen LogP contribution is -2.26. The fourth-order valence-corrected chi connectivity index (χ4v) is 4.06. The summed E-state index contributed by atoms with van der Waals surface area (Å²) in [6, 6.07) is 7.38. The first-order valence-electron chi connectivity index (χ1n) is 9.95. The largest absolute Gasteiger partial charge is 0.383 e. The van der Waals surface area contributed by atoms with Crippen LogP contribution in [0.1, 0.15) is 43.4 Å². The summed E-state index contributed by atoms with van der Waals surface area (Å²) in [5.74, 6) is 1.38. The minimum atomic E-state index is -0.270. The van der Waals surface area contributed by atoms with Crippen LogP contribution in [0, 0.1) is 6.92 Å². The molecule has 31 heavy (non-hydrogen) atoms. The number of hydrogen-bond donors (Lipinski definition) is 2. The molecular formula is C21H20ClN7O2. The lowest BCUT2D eigenvalue weighted by Gasteiger charge is -2.22. The minimum absolute atomic E-state index is 0.0794. The van der Waals surface area contributed by atoms with Crippen LogP contribution >= 0.6 is 11.6 Å². The van der Waals surface area contributed by atoms with Crippen molar-refractivity contribution in [3.8, 4) is 11.5 Å². The molecule has 1 fully saturated rings. The number of aromatic nitrogens is 5. The number of rotatable bonds is 5. The lowest BCUT2D eigenvalue weighted by atomic mass is 10.1. The zero-order valence-corrected chi connectivity index (χ0v) is 17.7. The van der Waals surface area contributed by atoms with Crippen molar-refractivity contribution in [3.63, 3.8) is 0 Å². The van der Waals surface area contributed by atoms with E-state index in [0.29, 0.717) is 27.6 Å². The maximum Gasteiger partial charge on any atom is 0.265 e. The predicted octanol–water partition coefficient (Wildman–Crippen LogP) is 3.89. The Kier molecular flexibility index (Phi) is 4.62. The van der Waals surface area contributed by atoms with Crippen molar-refractivity contribution in [2.45, 2.75) is 38.8 Å². The Balaban J connectivity index is 1.61. The fraction of sp³-hybridized carbons (Fsp3) is 0.286. The van der Waals surface area contributed by atoms with Gasteiger partial charge >= 0.3 is 0 Å². The van der Waals surface area contributed by atoms with Gasteiger partial charge in [0.25, 0.3) is 11.4 Å². The normalized spacial score (nSPS) is 14.7. The molecule has 0 saturated heterocycles. The van der Waals surface area contributed by atoms with Crippen LogP contribution in [-0.2, 0) is 0 Å². The summed E-state index contributed by atoms with van der Waals surface area (Å²) in [5.41, 5.74) is 7.28. The third-order valence-electron chi connectivity index (χ3n) is 5.39. The van der Waals surface area contributed by atoms with Crippen molar-refractivity contribution in [1.82, 2.24) is 24.7 Å². The fourth-order valence-electron chi connectivity index (χ4n) is 3.79. The third kappa shape index (κ3) is 3.40. The SMILES string of the molecule is Cc1noc(-c2c(N)ncnc2NC(C)c2cc3cccc(Cl)c3c(=O)n2C2CC2)n1. The lowest BCUT2D eigenvalue weighted by molar-refractivity contribution is 0.425. The van der Waals surface area contributed by atoms with Gasteiger partial charge in [-0.15, -0.1) is 0 Å². The Morgan fingerprint density at radius 1 is 1.32 bits per heavy atom. The Hall–Kier alpha value is -3.46. The number of nitrogens with zero attached hydrogens (tertiary/aromatic N) is 5. The van der Waals surface area contributed by atoms with Crippen LogP contribution in [0.4, 0.5) is 11.6 Å². The summed E-state index contributed by atoms with van der Waals surface area (Å²) in [6.45, 7) is 3.68. The van der Waals surface area contributed by atoms with Crippen molar-refractivity contribution >= 4 is 34.0 Å². The monoisotopic (exact) mass is 437 g/mol. The van der Waals surface area contributed by atoms with Gasteiger partial charge in [-0.25, -0.2) is 9.97 Å². The van der Waals surface area contributed by atoms with Crippen LogP contribution < -0.4 is 16.6 Å². The summed E-state index contributed by atoms with van der Waals surface area (Å²) >= 11 is 6.35. The number of aryl methyl sites for hydroxylation is 1. The van der Waals surface area contributed by atoms with Crippen LogP contribution in [0.3, 0.4) is 0 Å². The highest BCUT2D eigenvalue weighted by Crippen LogP contribution is 2.38. The molecule has 1 aromatic carbocycles. The Morgan fingerprint density at radius 2 is 2.13 bits per heavy atom. The molecule has 10 heteroatoms. The number of anilines is 2. The van der Waals surface area contributed by atoms with Crippen LogP contribution in [0.5, 0.6) is 0 Å². The number of hydrogen-bond acceptors (Lipinski definition) is 8. The highest BCUT2D eigenvalue weighted by molar-refractivity contribution is 6.35. The summed E-state index contributed by atoms with van der Waals surface area (Å²) < 4.78 is 7.13. The van der Waals surface area contributed by atoms with Gasteiger partial charge in [-0.3, -0.25) is 4.79 Å². The van der Waals surface area contributed by atoms with Gasteiger partial charge in [-0.2, -0.15) is 4.98 Å². The first-order valence-corrected chi connectivity index (χ1v) is 10.3. The molecule has 1 aliphatic rings. The zero-order chi connectivity index (χ0) is 21.7. The van der Waals surface area contributed by atoms with Gasteiger partial charge in [-0.05, 0) is 44.2 Å². The first kappa shape index (κ1) is 19.5. The Bertz CT molecular complexity index is 1360. The molecule has 0 bridgehead atoms. The van der Waals surface area contributed by atoms with E-state index in [1.807, 2.05) is 29.7 Å². The highest BCUT2D eigenvalue weighted by atomic mass is 35.5. The maximum absolute atomic E-state index is 13.3. The third-order valence-corrected chi connectivity index (χ3v) is 5.70. The summed E-state index contributed by atoms with van der Waals surface area (Å²) in [7, 11) is 0. The van der Waals surface area contributed by atoms with E-state index in [9.17, 15) is 4.79 Å². The van der Waals surface area contributed by atoms with Gasteiger partial charge in [-0.1, -0.05) is 28.9 Å². The molecule has 5 rings (SSSR count). The van der Waals surface area contributed by atoms with Gasteiger partial charge in [0.2, 0.25) is 0 Å². The standard InChI is InChI=1S/C21H20ClN7O2/c1-10(26-19-17(18(23)24-9-25-19)20-27-11(2)28-31-20)15-8-12-4-3-5-14(22)16(12)21(30)29(15)13-6-7-13/h3-5,8-10,13H,6-7H2,1-2H3,(H3,23,24,25,26). The van der Waals surface area contributed by atoms with Crippen LogP contribution in [0.2, 0.25) is 5.02 Å². The minimum Gasteiger partial charge on any atom is -0.383 e. The second-order valence-corrected chi connectivity index (χ2v) is 8.08. The Labute approximate surface area is 182 Å². The van der Waals surface area contributed by atoms with Gasteiger partial charge < -0.3 is 20.1 Å². The van der Waals surface area contributed by atoms with Crippen molar-refractivity contribution in [2.75, 3.05) is 11.1 Å². The molecule has 4 aromatic rings. The zero-order valence-electron chi connectivity index (χ0n) is 17.0. The molecule has 3 heterocycles. The van der Waals surface area contributed by atoms with E-state index in [-0.39, 0.29) is 29.4 Å². The number of nitrogens with one attached hydrogen (secondary N) is 1. The quantitative estimate of drug-likeness (QED) is 0.481.